The third-order valence-electron chi connectivity index (χ3n) is 14.6. The number of phenols is 1. The number of fused-ring (bicyclic) bond motifs is 5. The molecular weight excluding hydrogens is 902 g/mol. The number of aromatic nitrogens is 2. The summed E-state index contributed by atoms with van der Waals surface area (Å²) < 4.78 is 11.3. The molecule has 69 heavy (non-hydrogen) atoms. The lowest BCUT2D eigenvalue weighted by Crippen LogP contribution is -2.42. The van der Waals surface area contributed by atoms with Gasteiger partial charge in [0.2, 0.25) is 18.3 Å². The first-order valence-corrected chi connectivity index (χ1v) is 24.7. The monoisotopic (exact) mass is 969 g/mol. The Bertz CT molecular complexity index is 2390. The molecule has 1 saturated heterocycles. The van der Waals surface area contributed by atoms with E-state index >= 15 is 0 Å². The Morgan fingerprint density at radius 2 is 1.77 bits per heavy atom. The van der Waals surface area contributed by atoms with Gasteiger partial charge in [-0.05, 0) is 124 Å². The van der Waals surface area contributed by atoms with Crippen molar-refractivity contribution < 1.29 is 38.6 Å². The lowest BCUT2D eigenvalue weighted by molar-refractivity contribution is -0.126. The molecule has 4 amide bonds. The number of amides is 4. The van der Waals surface area contributed by atoms with E-state index < -0.39 is 0 Å². The molecule has 2 saturated carbocycles. The fraction of sp³-hybridized carbons (Fsp3) is 0.549. The summed E-state index contributed by atoms with van der Waals surface area (Å²) in [6.07, 6.45) is 15.1. The van der Waals surface area contributed by atoms with Gasteiger partial charge in [-0.3, -0.25) is 19.2 Å². The van der Waals surface area contributed by atoms with E-state index in [4.69, 9.17) is 30.9 Å². The Morgan fingerprint density at radius 3 is 2.51 bits per heavy atom. The molecule has 3 aliphatic carbocycles. The molecule has 0 spiro atoms. The van der Waals surface area contributed by atoms with Gasteiger partial charge in [-0.25, -0.2) is 4.98 Å². The maximum Gasteiger partial charge on any atom is 0.260 e. The first-order valence-electron chi connectivity index (χ1n) is 24.3. The highest BCUT2D eigenvalue weighted by Crippen LogP contribution is 2.60. The SMILES string of the molecule is CNC(=O)CO/C(C)=C/c1cc(Nc2nc(N3CCC(C(=O)NCCCCCCNC(=O)CO/N=C4\CCC5C6CCc7cc(O)ccc7C6CCC45C)CC3)ncc2Cl)cc(OC)c1N(C)C=O. The number of benzene rings is 2. The average Bonchev–Trinajstić information content (AvgIpc) is 3.69. The summed E-state index contributed by atoms with van der Waals surface area (Å²) in [4.78, 5) is 67.6. The molecule has 7 rings (SSSR count). The number of carbonyl (C=O) groups excluding carboxylic acids is 4. The molecule has 1 aliphatic heterocycles. The van der Waals surface area contributed by atoms with Gasteiger partial charge in [0.05, 0.1) is 30.5 Å². The number of ether oxygens (including phenoxy) is 2. The summed E-state index contributed by atoms with van der Waals surface area (Å²) >= 11 is 6.58. The zero-order valence-electron chi connectivity index (χ0n) is 40.6. The predicted molar refractivity (Wildman–Crippen MR) is 267 cm³/mol. The minimum absolute atomic E-state index is 0.00512. The van der Waals surface area contributed by atoms with Gasteiger partial charge < -0.3 is 50.5 Å². The van der Waals surface area contributed by atoms with Crippen molar-refractivity contribution in [3.05, 3.63) is 64.0 Å². The number of piperidine rings is 1. The van der Waals surface area contributed by atoms with E-state index in [1.54, 1.807) is 32.2 Å². The standard InChI is InChI=1S/C51H68ClN9O8/c1-32(68-29-45(64)53-3)24-35-25-36(27-43(67-5)47(35)60(4)31-62)57-48-42(52)28-56-50(58-48)61-22-17-33(18-23-61)49(66)55-21-9-7-6-8-20-54-46(65)30-69-59-44-15-14-41-40-12-10-34-26-37(63)11-13-38(34)39(40)16-19-51(41,44)2/h11,13,24-28,31,33,39-41,63H,6-10,12,14-23,29-30H2,1-5H3,(H,53,64)(H,54,65)(H,55,66)(H,56,57,58)/b32-24+,59-44+. The van der Waals surface area contributed by atoms with E-state index in [0.717, 1.165) is 69.9 Å². The molecule has 3 aromatic rings. The zero-order valence-corrected chi connectivity index (χ0v) is 41.3. The van der Waals surface area contributed by atoms with Crippen LogP contribution in [-0.2, 0) is 35.2 Å². The predicted octanol–water partition coefficient (Wildman–Crippen LogP) is 7.24. The fourth-order valence-electron chi connectivity index (χ4n) is 10.9. The summed E-state index contributed by atoms with van der Waals surface area (Å²) in [6, 6.07) is 9.43. The maximum atomic E-state index is 13.1. The number of nitrogens with zero attached hydrogens (tertiary/aromatic N) is 5. The van der Waals surface area contributed by atoms with Crippen LogP contribution in [0.15, 0.2) is 47.4 Å². The average molecular weight is 971 g/mol. The van der Waals surface area contributed by atoms with Crippen molar-refractivity contribution in [3.8, 4) is 11.5 Å². The van der Waals surface area contributed by atoms with Crippen molar-refractivity contribution in [1.29, 1.82) is 0 Å². The molecule has 3 fully saturated rings. The molecule has 4 aliphatic rings. The molecule has 2 heterocycles. The highest BCUT2D eigenvalue weighted by atomic mass is 35.5. The third-order valence-corrected chi connectivity index (χ3v) is 14.9. The van der Waals surface area contributed by atoms with Gasteiger partial charge in [0.25, 0.3) is 11.8 Å². The minimum atomic E-state index is -0.281. The molecule has 2 aromatic carbocycles. The van der Waals surface area contributed by atoms with E-state index in [0.29, 0.717) is 114 Å². The Morgan fingerprint density at radius 1 is 1.00 bits per heavy atom. The molecule has 0 radical (unpaired) electrons. The Balaban J connectivity index is 0.788. The van der Waals surface area contributed by atoms with Gasteiger partial charge >= 0.3 is 0 Å². The second kappa shape index (κ2) is 23.5. The van der Waals surface area contributed by atoms with Crippen molar-refractivity contribution in [1.82, 2.24) is 25.9 Å². The van der Waals surface area contributed by atoms with Crippen LogP contribution in [0.1, 0.15) is 107 Å². The highest BCUT2D eigenvalue weighted by molar-refractivity contribution is 6.33. The topological polar surface area (TPSA) is 209 Å². The summed E-state index contributed by atoms with van der Waals surface area (Å²) in [5.74, 6) is 3.25. The van der Waals surface area contributed by atoms with Crippen LogP contribution in [0, 0.1) is 23.2 Å². The number of halogens is 1. The fourth-order valence-corrected chi connectivity index (χ4v) is 11.0. The normalized spacial score (nSPS) is 21.6. The number of unbranched alkanes of at least 4 members (excludes halogenated alkanes) is 3. The molecule has 18 heteroatoms. The second-order valence-electron chi connectivity index (χ2n) is 19.0. The van der Waals surface area contributed by atoms with Gasteiger partial charge in [0.1, 0.15) is 16.5 Å². The number of nitrogens with one attached hydrogen (secondary N) is 4. The quantitative estimate of drug-likeness (QED) is 0.0310. The van der Waals surface area contributed by atoms with Crippen molar-refractivity contribution in [2.24, 2.45) is 28.3 Å². The Kier molecular flexibility index (Phi) is 17.3. The number of allylic oxidation sites excluding steroid dienone is 1. The molecular formula is C51H68ClN9O8. The summed E-state index contributed by atoms with van der Waals surface area (Å²) in [5.41, 5.74) is 5.47. The number of hydrogen-bond acceptors (Lipinski definition) is 13. The van der Waals surface area contributed by atoms with Crippen LogP contribution >= 0.6 is 11.6 Å². The van der Waals surface area contributed by atoms with Gasteiger partial charge in [0.15, 0.2) is 19.0 Å². The number of carbonyl (C=O) groups is 4. The molecule has 5 N–H and O–H groups in total. The van der Waals surface area contributed by atoms with E-state index in [1.165, 1.54) is 36.4 Å². The van der Waals surface area contributed by atoms with Crippen LogP contribution in [-0.4, -0.2) is 106 Å². The number of methoxy groups -OCH3 is 1. The summed E-state index contributed by atoms with van der Waals surface area (Å²) in [6.45, 7) is 6.16. The molecule has 4 atom stereocenters. The van der Waals surface area contributed by atoms with Gasteiger partial charge in [-0.15, -0.1) is 0 Å². The molecule has 372 valence electrons. The van der Waals surface area contributed by atoms with Crippen LogP contribution in [0.3, 0.4) is 0 Å². The first kappa shape index (κ1) is 50.8. The Labute approximate surface area is 410 Å². The number of aryl methyl sites for hydroxylation is 1. The summed E-state index contributed by atoms with van der Waals surface area (Å²) in [7, 11) is 4.64. The van der Waals surface area contributed by atoms with Crippen molar-refractivity contribution in [2.45, 2.75) is 96.8 Å². The number of oxime groups is 1. The van der Waals surface area contributed by atoms with Crippen molar-refractivity contribution >= 4 is 70.7 Å². The lowest BCUT2D eigenvalue weighted by atomic mass is 9.55. The van der Waals surface area contributed by atoms with Crippen LogP contribution in [0.2, 0.25) is 5.02 Å². The molecule has 1 aromatic heterocycles. The van der Waals surface area contributed by atoms with Crippen LogP contribution in [0.5, 0.6) is 11.5 Å². The zero-order chi connectivity index (χ0) is 49.1. The third kappa shape index (κ3) is 12.4. The number of rotatable bonds is 21. The van der Waals surface area contributed by atoms with Crippen LogP contribution in [0.4, 0.5) is 23.1 Å². The first-order chi connectivity index (χ1) is 33.3. The maximum absolute atomic E-state index is 13.1. The lowest BCUT2D eigenvalue weighted by Gasteiger charge is -2.49. The molecule has 4 unspecified atom stereocenters. The van der Waals surface area contributed by atoms with Gasteiger partial charge in [-0.2, -0.15) is 4.98 Å². The van der Waals surface area contributed by atoms with Crippen LogP contribution < -0.4 is 35.8 Å². The second-order valence-corrected chi connectivity index (χ2v) is 19.4. The van der Waals surface area contributed by atoms with Gasteiger partial charge in [-0.1, -0.05) is 42.6 Å². The van der Waals surface area contributed by atoms with Crippen molar-refractivity contribution in [3.63, 3.8) is 0 Å². The van der Waals surface area contributed by atoms with E-state index in [1.807, 2.05) is 17.0 Å². The van der Waals surface area contributed by atoms with Crippen LogP contribution in [0.25, 0.3) is 6.08 Å². The van der Waals surface area contributed by atoms with Gasteiger partial charge in [0, 0.05) is 68.9 Å². The highest BCUT2D eigenvalue weighted by Gasteiger charge is 2.53. The number of anilines is 4. The molecule has 17 nitrogen and oxygen atoms in total. The number of phenolic OH excluding ortho intramolecular Hbond substituents is 1. The minimum Gasteiger partial charge on any atom is -0.508 e. The van der Waals surface area contributed by atoms with Crippen molar-refractivity contribution in [2.75, 3.05) is 75.7 Å². The summed E-state index contributed by atoms with van der Waals surface area (Å²) in [5, 5.41) is 26.7. The van der Waals surface area contributed by atoms with E-state index in [-0.39, 0.29) is 42.3 Å². The van der Waals surface area contributed by atoms with E-state index in [2.05, 4.69) is 44.4 Å². The molecule has 0 bridgehead atoms. The largest absolute Gasteiger partial charge is 0.508 e. The number of hydrogen-bond donors (Lipinski definition) is 5. The van der Waals surface area contributed by atoms with E-state index in [9.17, 15) is 24.3 Å². The Hall–Kier alpha value is -6.10. The number of likely N-dealkylation sites (N-methyl/N-ethyl adjacent to an activating group) is 1. The number of aromatic hydroxyl groups is 1. The smallest absolute Gasteiger partial charge is 0.260 e.